The minimum Gasteiger partial charge on any atom is -0.465 e. The van der Waals surface area contributed by atoms with Gasteiger partial charge in [-0.2, -0.15) is 0 Å². The van der Waals surface area contributed by atoms with Gasteiger partial charge in [0, 0.05) is 18.2 Å². The van der Waals surface area contributed by atoms with Crippen molar-refractivity contribution in [3.05, 3.63) is 41.9 Å². The molecule has 0 atom stereocenters. The summed E-state index contributed by atoms with van der Waals surface area (Å²) in [6, 6.07) is 6.99. The van der Waals surface area contributed by atoms with E-state index >= 15 is 0 Å². The van der Waals surface area contributed by atoms with Gasteiger partial charge >= 0.3 is 12.1 Å². The number of benzene rings is 1. The van der Waals surface area contributed by atoms with E-state index in [-0.39, 0.29) is 0 Å². The van der Waals surface area contributed by atoms with Crippen LogP contribution in [0.1, 0.15) is 56.7 Å². The molecule has 0 unspecified atom stereocenters. The third-order valence-electron chi connectivity index (χ3n) is 3.70. The van der Waals surface area contributed by atoms with Crippen molar-refractivity contribution in [2.45, 2.75) is 52.6 Å². The zero-order valence-electron chi connectivity index (χ0n) is 16.0. The van der Waals surface area contributed by atoms with Gasteiger partial charge in [-0.05, 0) is 39.3 Å². The Morgan fingerprint density at radius 3 is 2.58 bits per heavy atom. The van der Waals surface area contributed by atoms with E-state index in [1.165, 1.54) is 11.7 Å². The molecule has 0 bridgehead atoms. The van der Waals surface area contributed by atoms with Gasteiger partial charge in [-0.1, -0.05) is 25.5 Å². The fourth-order valence-corrected chi connectivity index (χ4v) is 2.46. The molecule has 0 N–H and O–H groups in total. The fourth-order valence-electron chi connectivity index (χ4n) is 2.46. The van der Waals surface area contributed by atoms with Crippen molar-refractivity contribution < 1.29 is 19.1 Å². The number of ether oxygens (including phenoxy) is 2. The largest absolute Gasteiger partial charge is 0.465 e. The number of carbonyl (C=O) groups is 2. The molecule has 0 radical (unpaired) electrons. The average molecular weight is 358 g/mol. The monoisotopic (exact) mass is 358 g/mol. The first-order valence-electron chi connectivity index (χ1n) is 8.75. The molecule has 1 aromatic carbocycles. The lowest BCUT2D eigenvalue weighted by Gasteiger charge is -2.20. The van der Waals surface area contributed by atoms with E-state index in [2.05, 4.69) is 11.9 Å². The van der Waals surface area contributed by atoms with Crippen LogP contribution in [0.3, 0.4) is 0 Å². The Kier molecular flexibility index (Phi) is 6.18. The lowest BCUT2D eigenvalue weighted by atomic mass is 10.1. The van der Waals surface area contributed by atoms with E-state index < -0.39 is 17.7 Å². The van der Waals surface area contributed by atoms with E-state index in [0.717, 1.165) is 18.4 Å². The molecule has 6 nitrogen and oxygen atoms in total. The summed E-state index contributed by atoms with van der Waals surface area (Å²) in [5.74, 6) is 0.240. The van der Waals surface area contributed by atoms with Crippen LogP contribution in [-0.4, -0.2) is 34.3 Å². The van der Waals surface area contributed by atoms with Gasteiger partial charge in [-0.15, -0.1) is 0 Å². The molecular formula is C20H26N2O4. The Labute approximate surface area is 154 Å². The Morgan fingerprint density at radius 2 is 1.96 bits per heavy atom. The Balaban J connectivity index is 2.41. The summed E-state index contributed by atoms with van der Waals surface area (Å²) in [6.45, 7) is 7.57. The van der Waals surface area contributed by atoms with Crippen LogP contribution < -0.4 is 0 Å². The smallest absolute Gasteiger partial charge is 0.420 e. The van der Waals surface area contributed by atoms with Crippen molar-refractivity contribution in [2.75, 3.05) is 7.11 Å². The normalized spacial score (nSPS) is 11.3. The van der Waals surface area contributed by atoms with Crippen molar-refractivity contribution in [1.82, 2.24) is 9.55 Å². The SMILES string of the molecule is CCCCc1nc(-c2cccc(C(=O)OC)c2)cn1C(=O)OC(C)(C)C. The second-order valence-electron chi connectivity index (χ2n) is 7.07. The number of unbranched alkanes of at least 4 members (excludes halogenated alkanes) is 1. The van der Waals surface area contributed by atoms with Crippen LogP contribution in [-0.2, 0) is 15.9 Å². The van der Waals surface area contributed by atoms with Crippen LogP contribution in [0.25, 0.3) is 11.3 Å². The molecule has 0 aliphatic heterocycles. The molecule has 0 spiro atoms. The Morgan fingerprint density at radius 1 is 1.23 bits per heavy atom. The molecule has 140 valence electrons. The lowest BCUT2D eigenvalue weighted by Crippen LogP contribution is -2.27. The summed E-state index contributed by atoms with van der Waals surface area (Å²) in [5.41, 5.74) is 1.21. The molecule has 1 heterocycles. The molecule has 1 aromatic heterocycles. The molecular weight excluding hydrogens is 332 g/mol. The third kappa shape index (κ3) is 4.94. The van der Waals surface area contributed by atoms with Crippen molar-refractivity contribution in [1.29, 1.82) is 0 Å². The van der Waals surface area contributed by atoms with Crippen LogP contribution in [0.5, 0.6) is 0 Å². The van der Waals surface area contributed by atoms with E-state index in [1.807, 2.05) is 26.8 Å². The maximum atomic E-state index is 12.5. The minimum absolute atomic E-state index is 0.412. The van der Waals surface area contributed by atoms with E-state index in [4.69, 9.17) is 9.47 Å². The fraction of sp³-hybridized carbons (Fsp3) is 0.450. The Hall–Kier alpha value is -2.63. The second kappa shape index (κ2) is 8.17. The molecule has 0 saturated heterocycles. The zero-order chi connectivity index (χ0) is 19.3. The minimum atomic E-state index is -0.589. The first kappa shape index (κ1) is 19.7. The quantitative estimate of drug-likeness (QED) is 0.738. The van der Waals surface area contributed by atoms with Gasteiger partial charge in [0.1, 0.15) is 11.4 Å². The van der Waals surface area contributed by atoms with Crippen LogP contribution in [0.2, 0.25) is 0 Å². The van der Waals surface area contributed by atoms with Crippen molar-refractivity contribution >= 4 is 12.1 Å². The van der Waals surface area contributed by atoms with Crippen molar-refractivity contribution in [3.8, 4) is 11.3 Å². The maximum Gasteiger partial charge on any atom is 0.420 e. The van der Waals surface area contributed by atoms with Crippen LogP contribution in [0.15, 0.2) is 30.5 Å². The summed E-state index contributed by atoms with van der Waals surface area (Å²) in [5, 5.41) is 0. The molecule has 0 fully saturated rings. The summed E-state index contributed by atoms with van der Waals surface area (Å²) in [4.78, 5) is 28.9. The van der Waals surface area contributed by atoms with Gasteiger partial charge < -0.3 is 9.47 Å². The number of nitrogens with zero attached hydrogens (tertiary/aromatic N) is 2. The number of rotatable bonds is 5. The number of carbonyl (C=O) groups excluding carboxylic acids is 2. The molecule has 2 aromatic rings. The van der Waals surface area contributed by atoms with Crippen LogP contribution in [0, 0.1) is 0 Å². The summed E-state index contributed by atoms with van der Waals surface area (Å²) < 4.78 is 11.7. The van der Waals surface area contributed by atoms with Gasteiger partial charge in [0.15, 0.2) is 0 Å². The Bertz CT molecular complexity index is 787. The van der Waals surface area contributed by atoms with Gasteiger partial charge in [0.2, 0.25) is 0 Å². The topological polar surface area (TPSA) is 70.4 Å². The standard InChI is InChI=1S/C20H26N2O4/c1-6-7-11-17-21-16(13-22(17)19(24)26-20(2,3)4)14-9-8-10-15(12-14)18(23)25-5/h8-10,12-13H,6-7,11H2,1-5H3. The van der Waals surface area contributed by atoms with Gasteiger partial charge in [0.25, 0.3) is 0 Å². The van der Waals surface area contributed by atoms with Gasteiger partial charge in [-0.25, -0.2) is 19.1 Å². The number of methoxy groups -OCH3 is 1. The summed E-state index contributed by atoms with van der Waals surface area (Å²) >= 11 is 0. The molecule has 0 aliphatic rings. The van der Waals surface area contributed by atoms with Crippen LogP contribution >= 0.6 is 0 Å². The van der Waals surface area contributed by atoms with Crippen LogP contribution in [0.4, 0.5) is 4.79 Å². The highest BCUT2D eigenvalue weighted by Crippen LogP contribution is 2.22. The van der Waals surface area contributed by atoms with E-state index in [0.29, 0.717) is 23.5 Å². The molecule has 0 amide bonds. The maximum absolute atomic E-state index is 12.5. The lowest BCUT2D eigenvalue weighted by molar-refractivity contribution is 0.0530. The average Bonchev–Trinajstić information content (AvgIpc) is 3.02. The molecule has 0 saturated carbocycles. The first-order chi connectivity index (χ1) is 12.2. The van der Waals surface area contributed by atoms with Crippen molar-refractivity contribution in [2.24, 2.45) is 0 Å². The molecule has 0 aliphatic carbocycles. The predicted molar refractivity (Wildman–Crippen MR) is 99.2 cm³/mol. The molecule has 6 heteroatoms. The number of hydrogen-bond acceptors (Lipinski definition) is 5. The van der Waals surface area contributed by atoms with Gasteiger partial charge in [0.05, 0.1) is 18.4 Å². The number of imidazole rings is 1. The number of hydrogen-bond donors (Lipinski definition) is 0. The second-order valence-corrected chi connectivity index (χ2v) is 7.07. The van der Waals surface area contributed by atoms with Crippen molar-refractivity contribution in [3.63, 3.8) is 0 Å². The van der Waals surface area contributed by atoms with E-state index in [9.17, 15) is 9.59 Å². The molecule has 26 heavy (non-hydrogen) atoms. The van der Waals surface area contributed by atoms with Gasteiger partial charge in [-0.3, -0.25) is 0 Å². The number of esters is 1. The zero-order valence-corrected chi connectivity index (χ0v) is 16.0. The highest BCUT2D eigenvalue weighted by atomic mass is 16.6. The number of aryl methyl sites for hydroxylation is 1. The number of aromatic nitrogens is 2. The first-order valence-corrected chi connectivity index (χ1v) is 8.75. The third-order valence-corrected chi connectivity index (χ3v) is 3.70. The highest BCUT2D eigenvalue weighted by molar-refractivity contribution is 5.90. The molecule has 2 rings (SSSR count). The van der Waals surface area contributed by atoms with E-state index in [1.54, 1.807) is 24.4 Å². The summed E-state index contributed by atoms with van der Waals surface area (Å²) in [6.07, 6.45) is 3.80. The highest BCUT2D eigenvalue weighted by Gasteiger charge is 2.22. The summed E-state index contributed by atoms with van der Waals surface area (Å²) in [7, 11) is 1.34. The predicted octanol–water partition coefficient (Wildman–Crippen LogP) is 4.46.